The summed E-state index contributed by atoms with van der Waals surface area (Å²) in [5.74, 6) is 1.63. The Labute approximate surface area is 117 Å². The maximum absolute atomic E-state index is 6.21. The molecule has 2 rings (SSSR count). The molecule has 1 aromatic heterocycles. The second kappa shape index (κ2) is 5.63. The number of aryl methyl sites for hydroxylation is 2. The Kier molecular flexibility index (Phi) is 4.12. The molecule has 5 heteroatoms. The first kappa shape index (κ1) is 13.9. The molecule has 0 aliphatic carbocycles. The topological polar surface area (TPSA) is 63.9 Å². The fourth-order valence-corrected chi connectivity index (χ4v) is 2.26. The van der Waals surface area contributed by atoms with Crippen molar-refractivity contribution < 1.29 is 4.74 Å². The van der Waals surface area contributed by atoms with Crippen molar-refractivity contribution in [2.24, 2.45) is 5.73 Å². The van der Waals surface area contributed by atoms with E-state index in [0.717, 1.165) is 40.5 Å². The van der Waals surface area contributed by atoms with Crippen molar-refractivity contribution in [1.82, 2.24) is 9.97 Å². The summed E-state index contributed by atoms with van der Waals surface area (Å²) in [5, 5.41) is 0.704. The third kappa shape index (κ3) is 2.74. The number of ether oxygens (including phenoxy) is 1. The zero-order valence-corrected chi connectivity index (χ0v) is 12.1. The van der Waals surface area contributed by atoms with Crippen LogP contribution in [0.3, 0.4) is 0 Å². The van der Waals surface area contributed by atoms with E-state index in [-0.39, 0.29) is 0 Å². The summed E-state index contributed by atoms with van der Waals surface area (Å²) in [5.41, 5.74) is 9.39. The molecule has 0 aliphatic rings. The number of aromatic nitrogens is 2. The van der Waals surface area contributed by atoms with Crippen LogP contribution in [0.5, 0.6) is 5.75 Å². The first-order chi connectivity index (χ1) is 9.06. The number of hydrogen-bond donors (Lipinski definition) is 2. The van der Waals surface area contributed by atoms with Crippen molar-refractivity contribution in [2.45, 2.75) is 20.3 Å². The number of methoxy groups -OCH3 is 1. The lowest BCUT2D eigenvalue weighted by Crippen LogP contribution is -2.04. The van der Waals surface area contributed by atoms with Gasteiger partial charge >= 0.3 is 0 Å². The predicted octanol–water partition coefficient (Wildman–Crippen LogP) is 2.86. The third-order valence-electron chi connectivity index (χ3n) is 3.03. The summed E-state index contributed by atoms with van der Waals surface area (Å²) < 4.78 is 5.43. The monoisotopic (exact) mass is 279 g/mol. The summed E-state index contributed by atoms with van der Waals surface area (Å²) in [7, 11) is 1.65. The van der Waals surface area contributed by atoms with Crippen LogP contribution in [-0.2, 0) is 6.42 Å². The molecular formula is C14H18ClN3O. The number of nitrogens with two attached hydrogens (primary N) is 1. The number of nitrogens with one attached hydrogen (secondary N) is 1. The van der Waals surface area contributed by atoms with Gasteiger partial charge in [0.1, 0.15) is 11.6 Å². The maximum atomic E-state index is 6.21. The lowest BCUT2D eigenvalue weighted by atomic mass is 10.1. The lowest BCUT2D eigenvalue weighted by Gasteiger charge is -2.10. The zero-order valence-electron chi connectivity index (χ0n) is 11.4. The molecule has 4 nitrogen and oxygen atoms in total. The number of nitrogens with zero attached hydrogens (tertiary/aromatic N) is 1. The predicted molar refractivity (Wildman–Crippen MR) is 77.8 cm³/mol. The normalized spacial score (nSPS) is 10.8. The van der Waals surface area contributed by atoms with Crippen molar-refractivity contribution in [3.8, 4) is 17.0 Å². The van der Waals surface area contributed by atoms with E-state index in [4.69, 9.17) is 22.1 Å². The van der Waals surface area contributed by atoms with Gasteiger partial charge in [-0.2, -0.15) is 0 Å². The van der Waals surface area contributed by atoms with Crippen molar-refractivity contribution >= 4 is 11.6 Å². The van der Waals surface area contributed by atoms with E-state index in [2.05, 4.69) is 9.97 Å². The van der Waals surface area contributed by atoms with E-state index < -0.39 is 0 Å². The Balaban J connectivity index is 2.60. The Morgan fingerprint density at radius 2 is 2.11 bits per heavy atom. The second-order valence-electron chi connectivity index (χ2n) is 4.49. The van der Waals surface area contributed by atoms with E-state index >= 15 is 0 Å². The van der Waals surface area contributed by atoms with Crippen molar-refractivity contribution in [2.75, 3.05) is 13.7 Å². The largest absolute Gasteiger partial charge is 0.496 e. The molecule has 0 saturated carbocycles. The minimum absolute atomic E-state index is 0.566. The van der Waals surface area contributed by atoms with E-state index in [1.165, 1.54) is 0 Å². The number of rotatable bonds is 4. The highest BCUT2D eigenvalue weighted by molar-refractivity contribution is 6.31. The Bertz CT molecular complexity index is 593. The molecule has 0 unspecified atom stereocenters. The average Bonchev–Trinajstić information content (AvgIpc) is 2.73. The van der Waals surface area contributed by atoms with E-state index in [1.807, 2.05) is 26.0 Å². The fourth-order valence-electron chi connectivity index (χ4n) is 2.10. The van der Waals surface area contributed by atoms with Crippen LogP contribution in [0.25, 0.3) is 11.3 Å². The summed E-state index contributed by atoms with van der Waals surface area (Å²) in [4.78, 5) is 7.77. The van der Waals surface area contributed by atoms with Gasteiger partial charge in [-0.3, -0.25) is 0 Å². The molecule has 0 aliphatic heterocycles. The van der Waals surface area contributed by atoms with Crippen LogP contribution in [-0.4, -0.2) is 23.6 Å². The maximum Gasteiger partial charge on any atom is 0.128 e. The van der Waals surface area contributed by atoms with Gasteiger partial charge in [0.25, 0.3) is 0 Å². The van der Waals surface area contributed by atoms with Gasteiger partial charge in [0.2, 0.25) is 0 Å². The number of benzene rings is 1. The number of halogens is 1. The molecule has 0 amide bonds. The molecule has 0 fully saturated rings. The highest BCUT2D eigenvalue weighted by Crippen LogP contribution is 2.35. The third-order valence-corrected chi connectivity index (χ3v) is 3.43. The summed E-state index contributed by atoms with van der Waals surface area (Å²) in [6, 6.07) is 3.82. The smallest absolute Gasteiger partial charge is 0.128 e. The molecule has 0 spiro atoms. The van der Waals surface area contributed by atoms with Gasteiger partial charge in [0.05, 0.1) is 12.8 Å². The van der Waals surface area contributed by atoms with Crippen LogP contribution >= 0.6 is 11.6 Å². The number of imidazole rings is 1. The van der Waals surface area contributed by atoms with E-state index in [0.29, 0.717) is 11.6 Å². The van der Waals surface area contributed by atoms with Crippen LogP contribution < -0.4 is 10.5 Å². The van der Waals surface area contributed by atoms with Gasteiger partial charge in [0, 0.05) is 22.7 Å². The molecule has 1 heterocycles. The number of H-pyrrole nitrogens is 1. The molecule has 0 bridgehead atoms. The molecule has 1 aromatic carbocycles. The van der Waals surface area contributed by atoms with Crippen molar-refractivity contribution in [3.05, 3.63) is 34.2 Å². The minimum Gasteiger partial charge on any atom is -0.496 e. The Morgan fingerprint density at radius 1 is 1.37 bits per heavy atom. The number of aromatic amines is 1. The number of hydrogen-bond acceptors (Lipinski definition) is 3. The molecule has 102 valence electrons. The molecule has 3 N–H and O–H groups in total. The van der Waals surface area contributed by atoms with E-state index in [1.54, 1.807) is 7.11 Å². The first-order valence-corrected chi connectivity index (χ1v) is 6.54. The summed E-state index contributed by atoms with van der Waals surface area (Å²) in [6.07, 6.45) is 0.741. The standard InChI is InChI=1S/C14H18ClN3O/c1-8-6-13(19-3)10(7-11(8)15)14-12(4-5-16)17-9(2)18-14/h6-7H,4-5,16H2,1-3H3,(H,17,18). The summed E-state index contributed by atoms with van der Waals surface area (Å²) >= 11 is 6.21. The molecule has 0 saturated heterocycles. The highest BCUT2D eigenvalue weighted by Gasteiger charge is 2.16. The SMILES string of the molecule is COc1cc(C)c(Cl)cc1-c1nc(C)[nH]c1CCN. The van der Waals surface area contributed by atoms with Gasteiger partial charge < -0.3 is 15.5 Å². The molecule has 0 atom stereocenters. The highest BCUT2D eigenvalue weighted by atomic mass is 35.5. The van der Waals surface area contributed by atoms with E-state index in [9.17, 15) is 0 Å². The fraction of sp³-hybridized carbons (Fsp3) is 0.357. The first-order valence-electron chi connectivity index (χ1n) is 6.17. The lowest BCUT2D eigenvalue weighted by molar-refractivity contribution is 0.416. The van der Waals surface area contributed by atoms with Gasteiger partial charge in [-0.05, 0) is 38.1 Å². The van der Waals surface area contributed by atoms with Gasteiger partial charge in [0.15, 0.2) is 0 Å². The van der Waals surface area contributed by atoms with Crippen LogP contribution in [0.4, 0.5) is 0 Å². The van der Waals surface area contributed by atoms with Crippen molar-refractivity contribution in [1.29, 1.82) is 0 Å². The molecular weight excluding hydrogens is 262 g/mol. The van der Waals surface area contributed by atoms with Crippen molar-refractivity contribution in [3.63, 3.8) is 0 Å². The quantitative estimate of drug-likeness (QED) is 0.904. The zero-order chi connectivity index (χ0) is 14.0. The van der Waals surface area contributed by atoms with Crippen LogP contribution in [0.1, 0.15) is 17.1 Å². The second-order valence-corrected chi connectivity index (χ2v) is 4.90. The van der Waals surface area contributed by atoms with Crippen LogP contribution in [0.15, 0.2) is 12.1 Å². The Morgan fingerprint density at radius 3 is 2.74 bits per heavy atom. The van der Waals surface area contributed by atoms with Gasteiger partial charge in [-0.15, -0.1) is 0 Å². The van der Waals surface area contributed by atoms with Gasteiger partial charge in [-0.1, -0.05) is 11.6 Å². The van der Waals surface area contributed by atoms with Crippen LogP contribution in [0.2, 0.25) is 5.02 Å². The Hall–Kier alpha value is -1.52. The molecule has 19 heavy (non-hydrogen) atoms. The minimum atomic E-state index is 0.566. The molecule has 0 radical (unpaired) electrons. The van der Waals surface area contributed by atoms with Crippen LogP contribution in [0, 0.1) is 13.8 Å². The molecule has 2 aromatic rings. The van der Waals surface area contributed by atoms with Gasteiger partial charge in [-0.25, -0.2) is 4.98 Å². The average molecular weight is 280 g/mol. The summed E-state index contributed by atoms with van der Waals surface area (Å²) in [6.45, 7) is 4.44.